The van der Waals surface area contributed by atoms with Crippen LogP contribution in [0.5, 0.6) is 0 Å². The summed E-state index contributed by atoms with van der Waals surface area (Å²) in [5.41, 5.74) is 2.33. The maximum Gasteiger partial charge on any atom is 0.106 e. The van der Waals surface area contributed by atoms with Crippen LogP contribution in [0.15, 0.2) is 36.4 Å². The van der Waals surface area contributed by atoms with Crippen molar-refractivity contribution in [2.45, 2.75) is 13.0 Å². The standard InChI is InChI=1S/C14H11Cl3O/c1-8-6-9(15)2-4-11(8)14(18)12-5-3-10(16)7-13(12)17/h2-7,14,18H,1H3. The number of aliphatic hydroxyl groups is 1. The highest BCUT2D eigenvalue weighted by Gasteiger charge is 2.16. The zero-order valence-electron chi connectivity index (χ0n) is 9.62. The van der Waals surface area contributed by atoms with Crippen LogP contribution < -0.4 is 0 Å². The van der Waals surface area contributed by atoms with Gasteiger partial charge in [0.1, 0.15) is 6.10 Å². The predicted octanol–water partition coefficient (Wildman–Crippen LogP) is 5.04. The molecular weight excluding hydrogens is 291 g/mol. The highest BCUT2D eigenvalue weighted by molar-refractivity contribution is 6.35. The van der Waals surface area contributed by atoms with Crippen LogP contribution in [0.2, 0.25) is 15.1 Å². The lowest BCUT2D eigenvalue weighted by Gasteiger charge is -2.16. The Hall–Kier alpha value is -0.730. The fourth-order valence-corrected chi connectivity index (χ4v) is 2.58. The number of hydrogen-bond donors (Lipinski definition) is 1. The Morgan fingerprint density at radius 2 is 1.44 bits per heavy atom. The van der Waals surface area contributed by atoms with Gasteiger partial charge in [-0.15, -0.1) is 0 Å². The van der Waals surface area contributed by atoms with E-state index in [0.717, 1.165) is 11.1 Å². The highest BCUT2D eigenvalue weighted by Crippen LogP contribution is 2.32. The molecule has 2 aromatic rings. The highest BCUT2D eigenvalue weighted by atomic mass is 35.5. The van der Waals surface area contributed by atoms with Crippen LogP contribution in [0.25, 0.3) is 0 Å². The van der Waals surface area contributed by atoms with Crippen molar-refractivity contribution >= 4 is 34.8 Å². The third-order valence-electron chi connectivity index (χ3n) is 2.78. The second kappa shape index (κ2) is 5.50. The SMILES string of the molecule is Cc1cc(Cl)ccc1C(O)c1ccc(Cl)cc1Cl. The molecule has 0 aliphatic carbocycles. The average Bonchev–Trinajstić information content (AvgIpc) is 2.28. The minimum absolute atomic E-state index is 0.448. The molecule has 1 atom stereocenters. The van der Waals surface area contributed by atoms with E-state index in [-0.39, 0.29) is 0 Å². The van der Waals surface area contributed by atoms with Gasteiger partial charge in [0.15, 0.2) is 0 Å². The quantitative estimate of drug-likeness (QED) is 0.824. The van der Waals surface area contributed by atoms with E-state index >= 15 is 0 Å². The second-order valence-corrected chi connectivity index (χ2v) is 5.35. The summed E-state index contributed by atoms with van der Waals surface area (Å²) in [7, 11) is 0. The summed E-state index contributed by atoms with van der Waals surface area (Å²) in [6.45, 7) is 1.90. The van der Waals surface area contributed by atoms with E-state index in [1.54, 1.807) is 30.3 Å². The topological polar surface area (TPSA) is 20.2 Å². The van der Waals surface area contributed by atoms with Crippen LogP contribution in [0, 0.1) is 6.92 Å². The molecule has 0 spiro atoms. The first kappa shape index (κ1) is 13.7. The van der Waals surface area contributed by atoms with E-state index in [1.165, 1.54) is 0 Å². The molecule has 0 aliphatic heterocycles. The summed E-state index contributed by atoms with van der Waals surface area (Å²) in [5.74, 6) is 0. The van der Waals surface area contributed by atoms with Gasteiger partial charge in [0.05, 0.1) is 0 Å². The fraction of sp³-hybridized carbons (Fsp3) is 0.143. The monoisotopic (exact) mass is 300 g/mol. The first-order valence-electron chi connectivity index (χ1n) is 5.38. The van der Waals surface area contributed by atoms with Crippen molar-refractivity contribution in [3.8, 4) is 0 Å². The number of rotatable bonds is 2. The van der Waals surface area contributed by atoms with Gasteiger partial charge >= 0.3 is 0 Å². The van der Waals surface area contributed by atoms with Gasteiger partial charge in [-0.1, -0.05) is 46.9 Å². The van der Waals surface area contributed by atoms with Crippen molar-refractivity contribution in [1.29, 1.82) is 0 Å². The van der Waals surface area contributed by atoms with Gasteiger partial charge in [-0.05, 0) is 42.3 Å². The fourth-order valence-electron chi connectivity index (χ4n) is 1.84. The first-order valence-corrected chi connectivity index (χ1v) is 6.51. The number of halogens is 3. The van der Waals surface area contributed by atoms with Crippen molar-refractivity contribution in [2.24, 2.45) is 0 Å². The predicted molar refractivity (Wildman–Crippen MR) is 76.7 cm³/mol. The Morgan fingerprint density at radius 3 is 2.00 bits per heavy atom. The molecule has 1 unspecified atom stereocenters. The van der Waals surface area contributed by atoms with E-state index in [1.807, 2.05) is 13.0 Å². The smallest absolute Gasteiger partial charge is 0.106 e. The van der Waals surface area contributed by atoms with Gasteiger partial charge in [0.2, 0.25) is 0 Å². The average molecular weight is 302 g/mol. The van der Waals surface area contributed by atoms with Crippen molar-refractivity contribution in [3.63, 3.8) is 0 Å². The molecule has 2 aromatic carbocycles. The zero-order valence-corrected chi connectivity index (χ0v) is 11.9. The van der Waals surface area contributed by atoms with E-state index in [4.69, 9.17) is 34.8 Å². The third kappa shape index (κ3) is 2.81. The maximum atomic E-state index is 10.4. The molecule has 2 rings (SSSR count). The minimum atomic E-state index is -0.785. The molecule has 4 heteroatoms. The largest absolute Gasteiger partial charge is 0.384 e. The molecule has 0 saturated carbocycles. The third-order valence-corrected chi connectivity index (χ3v) is 3.58. The lowest BCUT2D eigenvalue weighted by molar-refractivity contribution is 0.219. The number of aliphatic hydroxyl groups excluding tert-OH is 1. The van der Waals surface area contributed by atoms with Crippen molar-refractivity contribution in [3.05, 3.63) is 68.2 Å². The Labute approximate surface area is 121 Å². The van der Waals surface area contributed by atoms with Gasteiger partial charge in [-0.25, -0.2) is 0 Å². The molecule has 1 nitrogen and oxygen atoms in total. The molecule has 1 N–H and O–H groups in total. The lowest BCUT2D eigenvalue weighted by Crippen LogP contribution is -2.02. The summed E-state index contributed by atoms with van der Waals surface area (Å²) < 4.78 is 0. The zero-order chi connectivity index (χ0) is 13.3. The molecule has 0 aliphatic rings. The van der Waals surface area contributed by atoms with Gasteiger partial charge in [0, 0.05) is 20.6 Å². The van der Waals surface area contributed by atoms with Gasteiger partial charge in [0.25, 0.3) is 0 Å². The first-order chi connectivity index (χ1) is 8.49. The van der Waals surface area contributed by atoms with Crippen LogP contribution in [0.1, 0.15) is 22.8 Å². The van der Waals surface area contributed by atoms with E-state index in [0.29, 0.717) is 20.6 Å². The Kier molecular flexibility index (Phi) is 4.18. The molecule has 0 fully saturated rings. The van der Waals surface area contributed by atoms with Crippen LogP contribution in [-0.2, 0) is 0 Å². The van der Waals surface area contributed by atoms with Crippen LogP contribution in [0.4, 0.5) is 0 Å². The Morgan fingerprint density at radius 1 is 0.889 bits per heavy atom. The minimum Gasteiger partial charge on any atom is -0.384 e. The van der Waals surface area contributed by atoms with Gasteiger partial charge in [-0.3, -0.25) is 0 Å². The summed E-state index contributed by atoms with van der Waals surface area (Å²) in [6.07, 6.45) is -0.785. The van der Waals surface area contributed by atoms with Crippen molar-refractivity contribution < 1.29 is 5.11 Å². The van der Waals surface area contributed by atoms with Gasteiger partial charge < -0.3 is 5.11 Å². The molecular formula is C14H11Cl3O. The van der Waals surface area contributed by atoms with Crippen molar-refractivity contribution in [1.82, 2.24) is 0 Å². The molecule has 0 radical (unpaired) electrons. The lowest BCUT2D eigenvalue weighted by atomic mass is 9.97. The maximum absolute atomic E-state index is 10.4. The van der Waals surface area contributed by atoms with Crippen LogP contribution >= 0.6 is 34.8 Å². The molecule has 18 heavy (non-hydrogen) atoms. The number of benzene rings is 2. The summed E-state index contributed by atoms with van der Waals surface area (Å²) >= 11 is 17.8. The number of aryl methyl sites for hydroxylation is 1. The van der Waals surface area contributed by atoms with Crippen molar-refractivity contribution in [2.75, 3.05) is 0 Å². The number of hydrogen-bond acceptors (Lipinski definition) is 1. The summed E-state index contributed by atoms with van der Waals surface area (Å²) in [6, 6.07) is 10.4. The normalized spacial score (nSPS) is 12.5. The molecule has 0 bridgehead atoms. The second-order valence-electron chi connectivity index (χ2n) is 4.07. The van der Waals surface area contributed by atoms with E-state index < -0.39 is 6.10 Å². The van der Waals surface area contributed by atoms with Crippen LogP contribution in [-0.4, -0.2) is 5.11 Å². The van der Waals surface area contributed by atoms with Crippen LogP contribution in [0.3, 0.4) is 0 Å². The molecule has 0 aromatic heterocycles. The summed E-state index contributed by atoms with van der Waals surface area (Å²) in [5, 5.41) is 12.0. The Balaban J connectivity index is 2.44. The molecule has 0 saturated heterocycles. The Bertz CT molecular complexity index is 530. The molecule has 94 valence electrons. The molecule has 0 amide bonds. The molecule has 0 heterocycles. The van der Waals surface area contributed by atoms with Gasteiger partial charge in [-0.2, -0.15) is 0 Å². The van der Waals surface area contributed by atoms with E-state index in [2.05, 4.69) is 0 Å². The summed E-state index contributed by atoms with van der Waals surface area (Å²) in [4.78, 5) is 0. The van der Waals surface area contributed by atoms with E-state index in [9.17, 15) is 5.11 Å².